The number of para-hydroxylation sites is 1. The van der Waals surface area contributed by atoms with E-state index in [4.69, 9.17) is 9.47 Å². The number of methoxy groups -OCH3 is 2. The molecule has 0 saturated carbocycles. The molecule has 1 heterocycles. The monoisotopic (exact) mass is 232 g/mol. The third-order valence-corrected chi connectivity index (χ3v) is 2.29. The minimum Gasteiger partial charge on any atom is -0.480 e. The molecular weight excluding hydrogens is 220 g/mol. The standard InChI is InChI=1S/C12H12N2O3/c1-16-11-8-10(12(15)17-2)14(13-11)9-6-4-3-5-7-9/h3-8H,1-2H3. The molecule has 0 N–H and O–H groups in total. The number of hydrogen-bond donors (Lipinski definition) is 0. The summed E-state index contributed by atoms with van der Waals surface area (Å²) in [4.78, 5) is 11.6. The lowest BCUT2D eigenvalue weighted by atomic mass is 10.3. The first-order chi connectivity index (χ1) is 8.26. The van der Waals surface area contributed by atoms with Gasteiger partial charge in [0, 0.05) is 6.07 Å². The van der Waals surface area contributed by atoms with Crippen LogP contribution in [0, 0.1) is 0 Å². The molecule has 2 rings (SSSR count). The first kappa shape index (κ1) is 11.2. The summed E-state index contributed by atoms with van der Waals surface area (Å²) < 4.78 is 11.2. The topological polar surface area (TPSA) is 53.4 Å². The zero-order valence-corrected chi connectivity index (χ0v) is 9.58. The van der Waals surface area contributed by atoms with E-state index in [0.717, 1.165) is 5.69 Å². The Kier molecular flexibility index (Phi) is 3.09. The highest BCUT2D eigenvalue weighted by Gasteiger charge is 2.17. The predicted octanol–water partition coefficient (Wildman–Crippen LogP) is 1.67. The third kappa shape index (κ3) is 2.13. The smallest absolute Gasteiger partial charge is 0.356 e. The maximum absolute atomic E-state index is 11.6. The molecule has 0 spiro atoms. The number of nitrogens with zero attached hydrogens (tertiary/aromatic N) is 2. The van der Waals surface area contributed by atoms with Gasteiger partial charge in [0.05, 0.1) is 19.9 Å². The van der Waals surface area contributed by atoms with Crippen LogP contribution in [0.1, 0.15) is 10.5 Å². The van der Waals surface area contributed by atoms with Gasteiger partial charge < -0.3 is 9.47 Å². The molecule has 1 aromatic carbocycles. The number of rotatable bonds is 3. The Hall–Kier alpha value is -2.30. The highest BCUT2D eigenvalue weighted by atomic mass is 16.5. The zero-order chi connectivity index (χ0) is 12.3. The van der Waals surface area contributed by atoms with E-state index in [9.17, 15) is 4.79 Å². The van der Waals surface area contributed by atoms with Crippen LogP contribution in [0.5, 0.6) is 5.88 Å². The Morgan fingerprint density at radius 1 is 1.24 bits per heavy atom. The molecule has 88 valence electrons. The molecule has 2 aromatic rings. The van der Waals surface area contributed by atoms with Crippen molar-refractivity contribution in [3.8, 4) is 11.6 Å². The van der Waals surface area contributed by atoms with Gasteiger partial charge >= 0.3 is 5.97 Å². The van der Waals surface area contributed by atoms with Gasteiger partial charge in [0.25, 0.3) is 0 Å². The summed E-state index contributed by atoms with van der Waals surface area (Å²) in [6.07, 6.45) is 0. The van der Waals surface area contributed by atoms with Gasteiger partial charge in [-0.05, 0) is 12.1 Å². The molecule has 5 nitrogen and oxygen atoms in total. The van der Waals surface area contributed by atoms with Crippen LogP contribution in [0.3, 0.4) is 0 Å². The van der Waals surface area contributed by atoms with Crippen molar-refractivity contribution in [2.45, 2.75) is 0 Å². The number of carbonyl (C=O) groups is 1. The molecule has 0 radical (unpaired) electrons. The van der Waals surface area contributed by atoms with E-state index in [1.807, 2.05) is 30.3 Å². The van der Waals surface area contributed by atoms with Crippen LogP contribution in [0.2, 0.25) is 0 Å². The average Bonchev–Trinajstić information content (AvgIpc) is 2.83. The predicted molar refractivity (Wildman–Crippen MR) is 61.5 cm³/mol. The molecule has 0 saturated heterocycles. The summed E-state index contributed by atoms with van der Waals surface area (Å²) in [5.74, 6) is -0.0843. The van der Waals surface area contributed by atoms with Gasteiger partial charge in [-0.3, -0.25) is 0 Å². The number of aromatic nitrogens is 2. The highest BCUT2D eigenvalue weighted by Crippen LogP contribution is 2.17. The molecule has 0 bridgehead atoms. The molecule has 5 heteroatoms. The maximum Gasteiger partial charge on any atom is 0.356 e. The molecule has 0 aliphatic heterocycles. The van der Waals surface area contributed by atoms with E-state index in [0.29, 0.717) is 11.6 Å². The normalized spacial score (nSPS) is 10.0. The SMILES string of the molecule is COC(=O)c1cc(OC)nn1-c1ccccc1. The van der Waals surface area contributed by atoms with Crippen molar-refractivity contribution >= 4 is 5.97 Å². The van der Waals surface area contributed by atoms with Crippen molar-refractivity contribution in [3.05, 3.63) is 42.1 Å². The summed E-state index contributed by atoms with van der Waals surface area (Å²) in [7, 11) is 2.83. The highest BCUT2D eigenvalue weighted by molar-refractivity contribution is 5.88. The number of carbonyl (C=O) groups excluding carboxylic acids is 1. The van der Waals surface area contributed by atoms with E-state index in [-0.39, 0.29) is 0 Å². The van der Waals surface area contributed by atoms with Crippen molar-refractivity contribution < 1.29 is 14.3 Å². The molecule has 0 amide bonds. The summed E-state index contributed by atoms with van der Waals surface area (Å²) in [6.45, 7) is 0. The lowest BCUT2D eigenvalue weighted by Crippen LogP contribution is -2.09. The number of ether oxygens (including phenoxy) is 2. The van der Waals surface area contributed by atoms with Crippen molar-refractivity contribution in [3.63, 3.8) is 0 Å². The molecular formula is C12H12N2O3. The second-order valence-corrected chi connectivity index (χ2v) is 3.31. The maximum atomic E-state index is 11.6. The summed E-state index contributed by atoms with van der Waals surface area (Å²) in [6, 6.07) is 10.9. The van der Waals surface area contributed by atoms with Crippen LogP contribution in [0.25, 0.3) is 5.69 Å². The summed E-state index contributed by atoms with van der Waals surface area (Å²) >= 11 is 0. The van der Waals surface area contributed by atoms with Gasteiger partial charge in [-0.15, -0.1) is 5.10 Å². The Morgan fingerprint density at radius 2 is 1.94 bits per heavy atom. The van der Waals surface area contributed by atoms with Crippen molar-refractivity contribution in [2.75, 3.05) is 14.2 Å². The van der Waals surface area contributed by atoms with Crippen molar-refractivity contribution in [1.82, 2.24) is 9.78 Å². The lowest BCUT2D eigenvalue weighted by Gasteiger charge is -2.04. The first-order valence-electron chi connectivity index (χ1n) is 5.04. The van der Waals surface area contributed by atoms with Crippen LogP contribution in [0.15, 0.2) is 36.4 Å². The Balaban J connectivity index is 2.52. The quantitative estimate of drug-likeness (QED) is 0.755. The van der Waals surface area contributed by atoms with Crippen LogP contribution >= 0.6 is 0 Å². The van der Waals surface area contributed by atoms with Gasteiger partial charge in [0.1, 0.15) is 0 Å². The number of hydrogen-bond acceptors (Lipinski definition) is 4. The first-order valence-corrected chi connectivity index (χ1v) is 5.04. The van der Waals surface area contributed by atoms with Crippen LogP contribution in [0.4, 0.5) is 0 Å². The van der Waals surface area contributed by atoms with Crippen molar-refractivity contribution in [2.24, 2.45) is 0 Å². The fraction of sp³-hybridized carbons (Fsp3) is 0.167. The van der Waals surface area contributed by atoms with Gasteiger partial charge in [-0.25, -0.2) is 9.48 Å². The second-order valence-electron chi connectivity index (χ2n) is 3.31. The van der Waals surface area contributed by atoms with Crippen LogP contribution < -0.4 is 4.74 Å². The van der Waals surface area contributed by atoms with E-state index in [2.05, 4.69) is 5.10 Å². The molecule has 0 atom stereocenters. The minimum atomic E-state index is -0.454. The van der Waals surface area contributed by atoms with E-state index in [1.54, 1.807) is 6.07 Å². The average molecular weight is 232 g/mol. The summed E-state index contributed by atoms with van der Waals surface area (Å²) in [5, 5.41) is 4.16. The lowest BCUT2D eigenvalue weighted by molar-refractivity contribution is 0.0590. The second kappa shape index (κ2) is 4.69. The molecule has 1 aromatic heterocycles. The molecule has 17 heavy (non-hydrogen) atoms. The van der Waals surface area contributed by atoms with Gasteiger partial charge in [0.15, 0.2) is 5.69 Å². The Labute approximate surface area is 98.6 Å². The fourth-order valence-corrected chi connectivity index (χ4v) is 1.48. The van der Waals surface area contributed by atoms with Crippen LogP contribution in [-0.2, 0) is 4.74 Å². The van der Waals surface area contributed by atoms with Crippen LogP contribution in [-0.4, -0.2) is 30.0 Å². The molecule has 0 unspecified atom stereocenters. The van der Waals surface area contributed by atoms with Gasteiger partial charge in [0.2, 0.25) is 5.88 Å². The largest absolute Gasteiger partial charge is 0.480 e. The summed E-state index contributed by atoms with van der Waals surface area (Å²) in [5.41, 5.74) is 1.10. The van der Waals surface area contributed by atoms with Crippen molar-refractivity contribution in [1.29, 1.82) is 0 Å². The Bertz CT molecular complexity index is 520. The number of benzene rings is 1. The molecule has 0 aliphatic carbocycles. The van der Waals surface area contributed by atoms with E-state index in [1.165, 1.54) is 18.9 Å². The van der Waals surface area contributed by atoms with Gasteiger partial charge in [-0.1, -0.05) is 18.2 Å². The van der Waals surface area contributed by atoms with Gasteiger partial charge in [-0.2, -0.15) is 0 Å². The molecule has 0 aliphatic rings. The van der Waals surface area contributed by atoms with E-state index >= 15 is 0 Å². The molecule has 0 fully saturated rings. The minimum absolute atomic E-state index is 0.329. The zero-order valence-electron chi connectivity index (χ0n) is 9.58. The van der Waals surface area contributed by atoms with E-state index < -0.39 is 5.97 Å². The third-order valence-electron chi connectivity index (χ3n) is 2.29. The Morgan fingerprint density at radius 3 is 2.53 bits per heavy atom. The fourth-order valence-electron chi connectivity index (χ4n) is 1.48. The number of esters is 1.